The van der Waals surface area contributed by atoms with Crippen LogP contribution < -0.4 is 10.1 Å². The van der Waals surface area contributed by atoms with Gasteiger partial charge in [-0.2, -0.15) is 0 Å². The lowest BCUT2D eigenvalue weighted by molar-refractivity contribution is 0.0705. The van der Waals surface area contributed by atoms with E-state index in [0.29, 0.717) is 13.2 Å². The lowest BCUT2D eigenvalue weighted by Gasteiger charge is -2.12. The van der Waals surface area contributed by atoms with Crippen molar-refractivity contribution in [2.75, 3.05) is 45.9 Å². The maximum absolute atomic E-state index is 5.40. The SMILES string of the molecule is COCCOCCCNc1cc(OC)c(Br)cc1Br. The zero-order valence-electron chi connectivity index (χ0n) is 11.2. The smallest absolute Gasteiger partial charge is 0.135 e. The molecular formula is C13H19Br2NO3. The van der Waals surface area contributed by atoms with Crippen molar-refractivity contribution in [2.24, 2.45) is 0 Å². The Kier molecular flexibility index (Phi) is 8.45. The Balaban J connectivity index is 2.33. The largest absolute Gasteiger partial charge is 0.495 e. The summed E-state index contributed by atoms with van der Waals surface area (Å²) >= 11 is 6.96. The van der Waals surface area contributed by atoms with Gasteiger partial charge in [0.15, 0.2) is 0 Å². The van der Waals surface area contributed by atoms with Crippen LogP contribution in [0.5, 0.6) is 5.75 Å². The average Bonchev–Trinajstić information content (AvgIpc) is 2.40. The van der Waals surface area contributed by atoms with Crippen LogP contribution in [0.1, 0.15) is 6.42 Å². The van der Waals surface area contributed by atoms with Gasteiger partial charge < -0.3 is 19.5 Å². The molecule has 4 nitrogen and oxygen atoms in total. The molecule has 1 aromatic carbocycles. The topological polar surface area (TPSA) is 39.7 Å². The summed E-state index contributed by atoms with van der Waals surface area (Å²) in [6, 6.07) is 3.93. The molecule has 0 saturated carbocycles. The number of hydrogen-bond donors (Lipinski definition) is 1. The molecule has 0 heterocycles. The van der Waals surface area contributed by atoms with Crippen LogP contribution in [0.4, 0.5) is 5.69 Å². The summed E-state index contributed by atoms with van der Waals surface area (Å²) in [5.41, 5.74) is 1.01. The zero-order valence-corrected chi connectivity index (χ0v) is 14.3. The molecule has 0 saturated heterocycles. The maximum atomic E-state index is 5.40. The highest BCUT2D eigenvalue weighted by atomic mass is 79.9. The first-order valence-electron chi connectivity index (χ1n) is 6.02. The maximum Gasteiger partial charge on any atom is 0.135 e. The van der Waals surface area contributed by atoms with Crippen LogP contribution in [0, 0.1) is 0 Å². The van der Waals surface area contributed by atoms with Gasteiger partial charge in [-0.3, -0.25) is 0 Å². The Morgan fingerprint density at radius 1 is 1.05 bits per heavy atom. The number of rotatable bonds is 9. The van der Waals surface area contributed by atoms with Gasteiger partial charge in [-0.15, -0.1) is 0 Å². The molecule has 0 aliphatic carbocycles. The number of hydrogen-bond acceptors (Lipinski definition) is 4. The van der Waals surface area contributed by atoms with Gasteiger partial charge in [-0.25, -0.2) is 0 Å². The third-order valence-corrected chi connectivity index (χ3v) is 3.73. The molecule has 108 valence electrons. The van der Waals surface area contributed by atoms with Crippen molar-refractivity contribution >= 4 is 37.5 Å². The van der Waals surface area contributed by atoms with Crippen molar-refractivity contribution in [3.8, 4) is 5.75 Å². The molecule has 1 aromatic rings. The van der Waals surface area contributed by atoms with Crippen molar-refractivity contribution in [1.82, 2.24) is 0 Å². The summed E-state index contributed by atoms with van der Waals surface area (Å²) in [4.78, 5) is 0. The molecule has 0 spiro atoms. The fraction of sp³-hybridized carbons (Fsp3) is 0.538. The van der Waals surface area contributed by atoms with E-state index in [0.717, 1.165) is 40.0 Å². The molecule has 0 aliphatic rings. The number of methoxy groups -OCH3 is 2. The summed E-state index contributed by atoms with van der Waals surface area (Å²) in [5, 5.41) is 3.35. The second-order valence-corrected chi connectivity index (χ2v) is 5.56. The minimum atomic E-state index is 0.642. The minimum Gasteiger partial charge on any atom is -0.495 e. The normalized spacial score (nSPS) is 10.5. The van der Waals surface area contributed by atoms with Crippen molar-refractivity contribution in [1.29, 1.82) is 0 Å². The Hall–Kier alpha value is -0.300. The van der Waals surface area contributed by atoms with Crippen molar-refractivity contribution < 1.29 is 14.2 Å². The number of halogens is 2. The third kappa shape index (κ3) is 6.12. The summed E-state index contributed by atoms with van der Waals surface area (Å²) in [6.07, 6.45) is 0.939. The minimum absolute atomic E-state index is 0.642. The van der Waals surface area contributed by atoms with Crippen LogP contribution in [-0.2, 0) is 9.47 Å². The Labute approximate surface area is 131 Å². The van der Waals surface area contributed by atoms with E-state index in [9.17, 15) is 0 Å². The second-order valence-electron chi connectivity index (χ2n) is 3.85. The van der Waals surface area contributed by atoms with Gasteiger partial charge in [-0.1, -0.05) is 0 Å². The molecule has 0 radical (unpaired) electrons. The van der Waals surface area contributed by atoms with Gasteiger partial charge in [0.1, 0.15) is 5.75 Å². The van der Waals surface area contributed by atoms with Gasteiger partial charge in [-0.05, 0) is 44.3 Å². The molecule has 0 amide bonds. The zero-order chi connectivity index (χ0) is 14.1. The second kappa shape index (κ2) is 9.58. The van der Waals surface area contributed by atoms with E-state index >= 15 is 0 Å². The Morgan fingerprint density at radius 3 is 2.53 bits per heavy atom. The van der Waals surface area contributed by atoms with Gasteiger partial charge in [0.2, 0.25) is 0 Å². The summed E-state index contributed by atoms with van der Waals surface area (Å²) in [6.45, 7) is 2.85. The highest BCUT2D eigenvalue weighted by Gasteiger charge is 2.06. The Morgan fingerprint density at radius 2 is 1.84 bits per heavy atom. The first-order valence-corrected chi connectivity index (χ1v) is 7.61. The van der Waals surface area contributed by atoms with E-state index in [2.05, 4.69) is 37.2 Å². The quantitative estimate of drug-likeness (QED) is 0.646. The number of ether oxygens (including phenoxy) is 3. The highest BCUT2D eigenvalue weighted by molar-refractivity contribution is 9.11. The molecule has 1 N–H and O–H groups in total. The number of benzene rings is 1. The van der Waals surface area contributed by atoms with Crippen LogP contribution in [0.15, 0.2) is 21.1 Å². The molecule has 1 rings (SSSR count). The van der Waals surface area contributed by atoms with E-state index in [4.69, 9.17) is 14.2 Å². The van der Waals surface area contributed by atoms with Gasteiger partial charge in [0.05, 0.1) is 30.5 Å². The molecule has 6 heteroatoms. The lowest BCUT2D eigenvalue weighted by atomic mass is 10.3. The number of anilines is 1. The average molecular weight is 397 g/mol. The fourth-order valence-electron chi connectivity index (χ4n) is 1.46. The molecule has 0 atom stereocenters. The van der Waals surface area contributed by atoms with Crippen LogP contribution in [0.25, 0.3) is 0 Å². The standard InChI is InChI=1S/C13H19Br2NO3/c1-17-6-7-19-5-3-4-16-12-9-13(18-2)11(15)8-10(12)14/h8-9,16H,3-7H2,1-2H3. The first kappa shape index (κ1) is 16.8. The molecule has 0 bridgehead atoms. The van der Waals surface area contributed by atoms with E-state index < -0.39 is 0 Å². The summed E-state index contributed by atoms with van der Waals surface area (Å²) < 4.78 is 17.5. The van der Waals surface area contributed by atoms with Crippen LogP contribution in [0.3, 0.4) is 0 Å². The molecule has 0 aliphatic heterocycles. The molecular weight excluding hydrogens is 378 g/mol. The molecule has 0 fully saturated rings. The fourth-order valence-corrected chi connectivity index (χ4v) is 2.76. The number of nitrogens with one attached hydrogen (secondary N) is 1. The summed E-state index contributed by atoms with van der Waals surface area (Å²) in [7, 11) is 3.32. The molecule has 0 aromatic heterocycles. The van der Waals surface area contributed by atoms with E-state index in [-0.39, 0.29) is 0 Å². The first-order chi connectivity index (χ1) is 9.19. The van der Waals surface area contributed by atoms with Crippen LogP contribution in [0.2, 0.25) is 0 Å². The predicted molar refractivity (Wildman–Crippen MR) is 84.2 cm³/mol. The van der Waals surface area contributed by atoms with Gasteiger partial charge in [0.25, 0.3) is 0 Å². The Bertz CT molecular complexity index is 388. The lowest BCUT2D eigenvalue weighted by Crippen LogP contribution is -2.08. The van der Waals surface area contributed by atoms with Crippen molar-refractivity contribution in [3.63, 3.8) is 0 Å². The third-order valence-electron chi connectivity index (χ3n) is 2.45. The summed E-state index contributed by atoms with van der Waals surface area (Å²) in [5.74, 6) is 0.807. The van der Waals surface area contributed by atoms with Crippen molar-refractivity contribution in [2.45, 2.75) is 6.42 Å². The van der Waals surface area contributed by atoms with Gasteiger partial charge >= 0.3 is 0 Å². The predicted octanol–water partition coefficient (Wildman–Crippen LogP) is 3.69. The highest BCUT2D eigenvalue weighted by Crippen LogP contribution is 2.34. The van der Waals surface area contributed by atoms with Gasteiger partial charge in [0, 0.05) is 30.8 Å². The monoisotopic (exact) mass is 395 g/mol. The van der Waals surface area contributed by atoms with E-state index in [1.54, 1.807) is 14.2 Å². The molecule has 0 unspecified atom stereocenters. The molecule has 19 heavy (non-hydrogen) atoms. The van der Waals surface area contributed by atoms with E-state index in [1.165, 1.54) is 0 Å². The van der Waals surface area contributed by atoms with Crippen molar-refractivity contribution in [3.05, 3.63) is 21.1 Å². The van der Waals surface area contributed by atoms with E-state index in [1.807, 2.05) is 12.1 Å². The van der Waals surface area contributed by atoms with Crippen LogP contribution >= 0.6 is 31.9 Å². The van der Waals surface area contributed by atoms with Crippen LogP contribution in [-0.4, -0.2) is 40.6 Å².